The van der Waals surface area contributed by atoms with Crippen LogP contribution in [0.1, 0.15) is 13.8 Å². The molecule has 0 unspecified atom stereocenters. The van der Waals surface area contributed by atoms with Gasteiger partial charge in [0, 0.05) is 19.3 Å². The summed E-state index contributed by atoms with van der Waals surface area (Å²) in [6.07, 6.45) is 3.73. The number of hydrogen-bond donors (Lipinski definition) is 0. The highest BCUT2D eigenvalue weighted by atomic mass is 16.5. The van der Waals surface area contributed by atoms with Crippen molar-refractivity contribution in [1.29, 1.82) is 0 Å². The van der Waals surface area contributed by atoms with Gasteiger partial charge in [0.15, 0.2) is 0 Å². The lowest BCUT2D eigenvalue weighted by Crippen LogP contribution is -2.41. The molecule has 1 rings (SSSR count). The maximum atomic E-state index is 5.29. The lowest BCUT2D eigenvalue weighted by molar-refractivity contribution is 0.0682. The van der Waals surface area contributed by atoms with Crippen molar-refractivity contribution in [3.63, 3.8) is 0 Å². The predicted octanol–water partition coefficient (Wildman–Crippen LogP) is 1.83. The first-order valence-corrected chi connectivity index (χ1v) is 4.93. The summed E-state index contributed by atoms with van der Waals surface area (Å²) in [6.45, 7) is 11.2. The van der Waals surface area contributed by atoms with Crippen molar-refractivity contribution < 1.29 is 4.74 Å². The molecule has 0 aromatic carbocycles. The average Bonchev–Trinajstić information content (AvgIpc) is 2.19. The Kier molecular flexibility index (Phi) is 4.40. The van der Waals surface area contributed by atoms with Crippen LogP contribution >= 0.6 is 0 Å². The van der Waals surface area contributed by atoms with Crippen LogP contribution in [0, 0.1) is 0 Å². The average molecular weight is 194 g/mol. The zero-order valence-electron chi connectivity index (χ0n) is 8.99. The summed E-state index contributed by atoms with van der Waals surface area (Å²) in [5.74, 6) is 0.978. The van der Waals surface area contributed by atoms with Crippen molar-refractivity contribution in [2.75, 3.05) is 26.3 Å². The molecule has 0 aromatic heterocycles. The minimum Gasteiger partial charge on any atom is -0.378 e. The minimum absolute atomic E-state index is 0.780. The molecule has 0 radical (unpaired) electrons. The number of rotatable bonds is 2. The molecule has 1 aliphatic heterocycles. The summed E-state index contributed by atoms with van der Waals surface area (Å²) < 4.78 is 5.29. The van der Waals surface area contributed by atoms with E-state index in [-0.39, 0.29) is 0 Å². The molecule has 14 heavy (non-hydrogen) atoms. The Morgan fingerprint density at radius 1 is 1.43 bits per heavy atom. The number of ether oxygens (including phenoxy) is 1. The third-order valence-electron chi connectivity index (χ3n) is 2.04. The molecule has 0 N–H and O–H groups in total. The molecule has 0 saturated carbocycles. The fraction of sp³-hybridized carbons (Fsp3) is 0.545. The van der Waals surface area contributed by atoms with E-state index in [4.69, 9.17) is 4.74 Å². The van der Waals surface area contributed by atoms with Crippen molar-refractivity contribution in [3.8, 4) is 0 Å². The van der Waals surface area contributed by atoms with Crippen LogP contribution in [-0.2, 0) is 4.74 Å². The van der Waals surface area contributed by atoms with Gasteiger partial charge in [-0.15, -0.1) is 0 Å². The summed E-state index contributed by atoms with van der Waals surface area (Å²) in [4.78, 5) is 6.59. The van der Waals surface area contributed by atoms with E-state index in [1.54, 1.807) is 6.20 Å². The van der Waals surface area contributed by atoms with Crippen LogP contribution in [0.2, 0.25) is 0 Å². The van der Waals surface area contributed by atoms with Gasteiger partial charge in [0.2, 0.25) is 0 Å². The molecule has 0 bridgehead atoms. The summed E-state index contributed by atoms with van der Waals surface area (Å²) in [5.41, 5.74) is 1.00. The largest absolute Gasteiger partial charge is 0.378 e. The van der Waals surface area contributed by atoms with Crippen LogP contribution in [-0.4, -0.2) is 37.0 Å². The third kappa shape index (κ3) is 3.00. The van der Waals surface area contributed by atoms with E-state index in [2.05, 4.69) is 16.5 Å². The molecule has 1 fully saturated rings. The van der Waals surface area contributed by atoms with Crippen LogP contribution in [0.4, 0.5) is 0 Å². The van der Waals surface area contributed by atoms with Gasteiger partial charge in [-0.1, -0.05) is 12.7 Å². The fourth-order valence-corrected chi connectivity index (χ4v) is 1.38. The molecule has 0 spiro atoms. The summed E-state index contributed by atoms with van der Waals surface area (Å²) in [5, 5.41) is 0. The van der Waals surface area contributed by atoms with Gasteiger partial charge in [0.25, 0.3) is 0 Å². The predicted molar refractivity (Wildman–Crippen MR) is 59.5 cm³/mol. The van der Waals surface area contributed by atoms with Gasteiger partial charge in [-0.25, -0.2) is 4.99 Å². The van der Waals surface area contributed by atoms with Crippen molar-refractivity contribution >= 4 is 5.84 Å². The Labute approximate surface area is 85.8 Å². The quantitative estimate of drug-likeness (QED) is 0.495. The SMILES string of the molecule is C=C(C)C(=N/C=C\C)N1CCOCC1. The summed E-state index contributed by atoms with van der Waals surface area (Å²) >= 11 is 0. The number of morpholine rings is 1. The standard InChI is InChI=1S/C11H18N2O/c1-4-5-12-11(10(2)3)13-6-8-14-9-7-13/h4-5H,2,6-9H2,1,3H3/b5-4-,12-11?. The normalized spacial score (nSPS) is 19.0. The van der Waals surface area contributed by atoms with E-state index in [9.17, 15) is 0 Å². The molecular formula is C11H18N2O. The van der Waals surface area contributed by atoms with E-state index in [0.717, 1.165) is 37.7 Å². The molecule has 0 aliphatic carbocycles. The minimum atomic E-state index is 0.780. The molecule has 1 saturated heterocycles. The number of hydrogen-bond acceptors (Lipinski definition) is 2. The molecule has 0 aromatic rings. The van der Waals surface area contributed by atoms with E-state index in [0.29, 0.717) is 0 Å². The smallest absolute Gasteiger partial charge is 0.130 e. The number of amidine groups is 1. The highest BCUT2D eigenvalue weighted by Gasteiger charge is 2.14. The van der Waals surface area contributed by atoms with Gasteiger partial charge in [-0.05, 0) is 19.4 Å². The zero-order chi connectivity index (χ0) is 10.4. The number of allylic oxidation sites excluding steroid dienone is 1. The third-order valence-corrected chi connectivity index (χ3v) is 2.04. The van der Waals surface area contributed by atoms with Gasteiger partial charge in [-0.2, -0.15) is 0 Å². The molecule has 0 atom stereocenters. The van der Waals surface area contributed by atoms with E-state index < -0.39 is 0 Å². The molecular weight excluding hydrogens is 176 g/mol. The Morgan fingerprint density at radius 2 is 2.07 bits per heavy atom. The topological polar surface area (TPSA) is 24.8 Å². The second kappa shape index (κ2) is 5.60. The summed E-state index contributed by atoms with van der Waals surface area (Å²) in [6, 6.07) is 0. The Morgan fingerprint density at radius 3 is 2.57 bits per heavy atom. The van der Waals surface area contributed by atoms with Gasteiger partial charge >= 0.3 is 0 Å². The molecule has 0 amide bonds. The van der Waals surface area contributed by atoms with Gasteiger partial charge in [0.1, 0.15) is 5.84 Å². The van der Waals surface area contributed by atoms with Gasteiger partial charge in [0.05, 0.1) is 13.2 Å². The van der Waals surface area contributed by atoms with Crippen LogP contribution in [0.3, 0.4) is 0 Å². The Bertz CT molecular complexity index is 250. The highest BCUT2D eigenvalue weighted by Crippen LogP contribution is 2.05. The first-order valence-electron chi connectivity index (χ1n) is 4.93. The molecule has 1 heterocycles. The number of aliphatic imine (C=N–C) groups is 1. The van der Waals surface area contributed by atoms with E-state index >= 15 is 0 Å². The number of nitrogens with zero attached hydrogens (tertiary/aromatic N) is 2. The van der Waals surface area contributed by atoms with Crippen LogP contribution in [0.25, 0.3) is 0 Å². The second-order valence-electron chi connectivity index (χ2n) is 3.31. The highest BCUT2D eigenvalue weighted by molar-refractivity contribution is 5.97. The maximum Gasteiger partial charge on any atom is 0.130 e. The van der Waals surface area contributed by atoms with Crippen molar-refractivity contribution in [3.05, 3.63) is 24.4 Å². The molecule has 78 valence electrons. The molecule has 1 aliphatic rings. The van der Waals surface area contributed by atoms with E-state index in [1.165, 1.54) is 0 Å². The zero-order valence-corrected chi connectivity index (χ0v) is 8.99. The first-order chi connectivity index (χ1) is 6.75. The fourth-order valence-electron chi connectivity index (χ4n) is 1.38. The van der Waals surface area contributed by atoms with Gasteiger partial charge in [-0.3, -0.25) is 0 Å². The van der Waals surface area contributed by atoms with Crippen molar-refractivity contribution in [2.24, 2.45) is 4.99 Å². The Balaban J connectivity index is 2.70. The first kappa shape index (κ1) is 11.0. The van der Waals surface area contributed by atoms with Crippen molar-refractivity contribution in [1.82, 2.24) is 4.90 Å². The van der Waals surface area contributed by atoms with Gasteiger partial charge < -0.3 is 9.64 Å². The van der Waals surface area contributed by atoms with E-state index in [1.807, 2.05) is 19.9 Å². The summed E-state index contributed by atoms with van der Waals surface area (Å²) in [7, 11) is 0. The Hall–Kier alpha value is -1.09. The van der Waals surface area contributed by atoms with Crippen LogP contribution in [0.5, 0.6) is 0 Å². The van der Waals surface area contributed by atoms with Crippen LogP contribution in [0.15, 0.2) is 29.4 Å². The maximum absolute atomic E-state index is 5.29. The lowest BCUT2D eigenvalue weighted by atomic mass is 10.2. The monoisotopic (exact) mass is 194 g/mol. The lowest BCUT2D eigenvalue weighted by Gasteiger charge is -2.29. The second-order valence-corrected chi connectivity index (χ2v) is 3.31. The van der Waals surface area contributed by atoms with Crippen molar-refractivity contribution in [2.45, 2.75) is 13.8 Å². The van der Waals surface area contributed by atoms with Crippen LogP contribution < -0.4 is 0 Å². The molecule has 3 nitrogen and oxygen atoms in total. The molecule has 3 heteroatoms.